The van der Waals surface area contributed by atoms with Crippen molar-refractivity contribution in [3.05, 3.63) is 59.2 Å². The molecule has 0 radical (unpaired) electrons. The molecule has 2 aliphatic rings. The Morgan fingerprint density at radius 2 is 1.64 bits per heavy atom. The predicted molar refractivity (Wildman–Crippen MR) is 103 cm³/mol. The third-order valence-corrected chi connectivity index (χ3v) is 5.87. The summed E-state index contributed by atoms with van der Waals surface area (Å²) in [4.78, 5) is 14.0. The Morgan fingerprint density at radius 3 is 2.28 bits per heavy atom. The lowest BCUT2D eigenvalue weighted by molar-refractivity contribution is -0.116. The Hall–Kier alpha value is -1.93. The molecule has 1 saturated carbocycles. The Kier molecular flexibility index (Phi) is 4.72. The van der Waals surface area contributed by atoms with Crippen molar-refractivity contribution in [3.63, 3.8) is 0 Å². The fourth-order valence-corrected chi connectivity index (χ4v) is 4.14. The number of fused-ring (bicyclic) bond motifs is 1. The summed E-state index contributed by atoms with van der Waals surface area (Å²) >= 11 is 0. The minimum atomic E-state index is 0.216. The van der Waals surface area contributed by atoms with E-state index in [0.29, 0.717) is 6.42 Å². The molecule has 1 fully saturated rings. The monoisotopic (exact) mass is 333 g/mol. The van der Waals surface area contributed by atoms with Gasteiger partial charge in [0.2, 0.25) is 0 Å². The molecule has 0 spiro atoms. The van der Waals surface area contributed by atoms with Crippen LogP contribution < -0.4 is 0 Å². The van der Waals surface area contributed by atoms with E-state index in [2.05, 4.69) is 47.4 Å². The van der Waals surface area contributed by atoms with E-state index in [9.17, 15) is 4.79 Å². The van der Waals surface area contributed by atoms with E-state index in [0.717, 1.165) is 11.6 Å². The second-order valence-corrected chi connectivity index (χ2v) is 7.68. The lowest BCUT2D eigenvalue weighted by Crippen LogP contribution is -2.41. The van der Waals surface area contributed by atoms with Crippen molar-refractivity contribution >= 4 is 5.78 Å². The zero-order chi connectivity index (χ0) is 17.2. The Labute approximate surface area is 150 Å². The lowest BCUT2D eigenvalue weighted by atomic mass is 9.91. The van der Waals surface area contributed by atoms with Crippen LogP contribution in [0.25, 0.3) is 11.1 Å². The van der Waals surface area contributed by atoms with Gasteiger partial charge in [0.1, 0.15) is 5.78 Å². The standard InChI is InChI=1S/C23H27NO/c1-17(25)15-18-5-7-19(8-6-18)21-10-9-20-11-13-24(23-3-2-4-23)14-12-22(20)16-21/h5-10,16,23H,2-4,11-15H2,1H3. The summed E-state index contributed by atoms with van der Waals surface area (Å²) in [5.74, 6) is 0.216. The van der Waals surface area contributed by atoms with Gasteiger partial charge in [-0.05, 0) is 60.4 Å². The first-order valence-electron chi connectivity index (χ1n) is 9.63. The first-order valence-corrected chi connectivity index (χ1v) is 9.63. The third kappa shape index (κ3) is 3.69. The molecule has 0 aromatic heterocycles. The van der Waals surface area contributed by atoms with Crippen LogP contribution in [-0.4, -0.2) is 29.8 Å². The maximum Gasteiger partial charge on any atom is 0.134 e. The molecule has 4 rings (SSSR count). The zero-order valence-corrected chi connectivity index (χ0v) is 15.1. The average Bonchev–Trinajstić information content (AvgIpc) is 2.76. The molecule has 130 valence electrons. The summed E-state index contributed by atoms with van der Waals surface area (Å²) in [6.07, 6.45) is 7.09. The van der Waals surface area contributed by atoms with Gasteiger partial charge in [0, 0.05) is 25.6 Å². The van der Waals surface area contributed by atoms with Gasteiger partial charge in [-0.2, -0.15) is 0 Å². The first-order chi connectivity index (χ1) is 12.2. The van der Waals surface area contributed by atoms with Gasteiger partial charge >= 0.3 is 0 Å². The number of rotatable bonds is 4. The van der Waals surface area contributed by atoms with Crippen molar-refractivity contribution in [1.29, 1.82) is 0 Å². The van der Waals surface area contributed by atoms with Gasteiger partial charge < -0.3 is 0 Å². The van der Waals surface area contributed by atoms with Gasteiger partial charge in [0.25, 0.3) is 0 Å². The molecule has 0 amide bonds. The van der Waals surface area contributed by atoms with Crippen LogP contribution in [-0.2, 0) is 24.1 Å². The molecular weight excluding hydrogens is 306 g/mol. The topological polar surface area (TPSA) is 20.3 Å². The maximum atomic E-state index is 11.3. The van der Waals surface area contributed by atoms with Gasteiger partial charge in [0.05, 0.1) is 0 Å². The third-order valence-electron chi connectivity index (χ3n) is 5.87. The van der Waals surface area contributed by atoms with E-state index >= 15 is 0 Å². The molecule has 25 heavy (non-hydrogen) atoms. The average molecular weight is 333 g/mol. The van der Waals surface area contributed by atoms with Crippen LogP contribution in [0.3, 0.4) is 0 Å². The fraction of sp³-hybridized carbons (Fsp3) is 0.435. The molecule has 2 aromatic carbocycles. The Bertz CT molecular complexity index is 758. The smallest absolute Gasteiger partial charge is 0.134 e. The largest absolute Gasteiger partial charge is 0.300 e. The quantitative estimate of drug-likeness (QED) is 0.824. The molecule has 1 heterocycles. The van der Waals surface area contributed by atoms with Crippen molar-refractivity contribution in [2.24, 2.45) is 0 Å². The number of hydrogen-bond acceptors (Lipinski definition) is 2. The lowest BCUT2D eigenvalue weighted by Gasteiger charge is -2.36. The number of carbonyl (C=O) groups excluding carboxylic acids is 1. The van der Waals surface area contributed by atoms with Crippen molar-refractivity contribution < 1.29 is 4.79 Å². The number of carbonyl (C=O) groups is 1. The number of nitrogens with zero attached hydrogens (tertiary/aromatic N) is 1. The molecule has 2 aromatic rings. The van der Waals surface area contributed by atoms with E-state index in [4.69, 9.17) is 0 Å². The van der Waals surface area contributed by atoms with Gasteiger partial charge in [-0.3, -0.25) is 9.69 Å². The molecule has 0 atom stereocenters. The van der Waals surface area contributed by atoms with Crippen LogP contribution in [0.1, 0.15) is 42.9 Å². The van der Waals surface area contributed by atoms with Gasteiger partial charge in [0.15, 0.2) is 0 Å². The zero-order valence-electron chi connectivity index (χ0n) is 15.1. The minimum absolute atomic E-state index is 0.216. The maximum absolute atomic E-state index is 11.3. The van der Waals surface area contributed by atoms with E-state index in [-0.39, 0.29) is 5.78 Å². The van der Waals surface area contributed by atoms with Crippen LogP contribution >= 0.6 is 0 Å². The van der Waals surface area contributed by atoms with Crippen LogP contribution in [0, 0.1) is 0 Å². The molecule has 0 bridgehead atoms. The van der Waals surface area contributed by atoms with Crippen LogP contribution in [0.2, 0.25) is 0 Å². The molecule has 0 N–H and O–H groups in total. The molecule has 2 heteroatoms. The summed E-state index contributed by atoms with van der Waals surface area (Å²) in [6.45, 7) is 4.07. The van der Waals surface area contributed by atoms with Crippen molar-refractivity contribution in [2.45, 2.75) is 51.5 Å². The highest BCUT2D eigenvalue weighted by molar-refractivity contribution is 5.78. The molecule has 0 unspecified atom stereocenters. The molecule has 1 aliphatic heterocycles. The highest BCUT2D eigenvalue weighted by Crippen LogP contribution is 2.29. The van der Waals surface area contributed by atoms with Gasteiger partial charge in [-0.15, -0.1) is 0 Å². The van der Waals surface area contributed by atoms with Crippen molar-refractivity contribution in [1.82, 2.24) is 4.90 Å². The van der Waals surface area contributed by atoms with Crippen molar-refractivity contribution in [2.75, 3.05) is 13.1 Å². The summed E-state index contributed by atoms with van der Waals surface area (Å²) in [5.41, 5.74) is 6.69. The second-order valence-electron chi connectivity index (χ2n) is 7.68. The van der Waals surface area contributed by atoms with E-state index < -0.39 is 0 Å². The molecule has 0 saturated heterocycles. The second kappa shape index (κ2) is 7.13. The predicted octanol–water partition coefficient (Wildman–Crippen LogP) is 4.44. The van der Waals surface area contributed by atoms with Crippen LogP contribution in [0.4, 0.5) is 0 Å². The van der Waals surface area contributed by atoms with Crippen LogP contribution in [0.15, 0.2) is 42.5 Å². The molecule has 1 aliphatic carbocycles. The summed E-state index contributed by atoms with van der Waals surface area (Å²) in [6, 6.07) is 16.3. The van der Waals surface area contributed by atoms with E-state index in [1.165, 1.54) is 67.4 Å². The summed E-state index contributed by atoms with van der Waals surface area (Å²) in [7, 11) is 0. The van der Waals surface area contributed by atoms with Gasteiger partial charge in [-0.1, -0.05) is 48.9 Å². The Morgan fingerprint density at radius 1 is 0.960 bits per heavy atom. The highest BCUT2D eigenvalue weighted by Gasteiger charge is 2.26. The number of Topliss-reactive ketones (excluding diaryl/α,β-unsaturated/α-hetero) is 1. The minimum Gasteiger partial charge on any atom is -0.300 e. The first kappa shape index (κ1) is 16.5. The fourth-order valence-electron chi connectivity index (χ4n) is 4.14. The number of hydrogen-bond donors (Lipinski definition) is 0. The van der Waals surface area contributed by atoms with Crippen LogP contribution in [0.5, 0.6) is 0 Å². The normalized spacial score (nSPS) is 18.3. The number of ketones is 1. The molecule has 2 nitrogen and oxygen atoms in total. The SMILES string of the molecule is CC(=O)Cc1ccc(-c2ccc3c(c2)CCN(C2CCC2)CC3)cc1. The van der Waals surface area contributed by atoms with E-state index in [1.807, 2.05) is 0 Å². The summed E-state index contributed by atoms with van der Waals surface area (Å²) < 4.78 is 0. The number of benzene rings is 2. The van der Waals surface area contributed by atoms with Crippen molar-refractivity contribution in [3.8, 4) is 11.1 Å². The van der Waals surface area contributed by atoms with Gasteiger partial charge in [-0.25, -0.2) is 0 Å². The summed E-state index contributed by atoms with van der Waals surface area (Å²) in [5, 5.41) is 0. The highest BCUT2D eigenvalue weighted by atomic mass is 16.1. The Balaban J connectivity index is 1.51. The van der Waals surface area contributed by atoms with E-state index in [1.54, 1.807) is 6.92 Å². The molecular formula is C23H27NO.